The topological polar surface area (TPSA) is 45.2 Å². The van der Waals surface area contributed by atoms with Crippen LogP contribution in [0.4, 0.5) is 24.5 Å². The van der Waals surface area contributed by atoms with Gasteiger partial charge in [-0.05, 0) is 25.1 Å². The van der Waals surface area contributed by atoms with Crippen LogP contribution in [0.25, 0.3) is 0 Å². The predicted octanol–water partition coefficient (Wildman–Crippen LogP) is 4.91. The largest absolute Gasteiger partial charge is 0.418 e. The second kappa shape index (κ2) is 7.03. The molecule has 0 saturated heterocycles. The summed E-state index contributed by atoms with van der Waals surface area (Å²) in [7, 11) is 3.31. The Balaban J connectivity index is 2.38. The first-order valence-corrected chi connectivity index (χ1v) is 8.49. The van der Waals surface area contributed by atoms with E-state index in [1.807, 2.05) is 13.8 Å². The summed E-state index contributed by atoms with van der Waals surface area (Å²) in [6, 6.07) is 3.83. The highest BCUT2D eigenvalue weighted by Gasteiger charge is 2.34. The minimum atomic E-state index is -4.57. The number of nitrogens with zero attached hydrogens (tertiary/aromatic N) is 2. The van der Waals surface area contributed by atoms with Crippen LogP contribution < -0.4 is 10.2 Å². The van der Waals surface area contributed by atoms with E-state index in [2.05, 4.69) is 10.3 Å². The van der Waals surface area contributed by atoms with Crippen LogP contribution in [0.3, 0.4) is 0 Å². The van der Waals surface area contributed by atoms with Crippen LogP contribution >= 0.6 is 11.3 Å². The van der Waals surface area contributed by atoms with Crippen LogP contribution in [0.5, 0.6) is 0 Å². The van der Waals surface area contributed by atoms with Gasteiger partial charge in [0.05, 0.1) is 22.0 Å². The Morgan fingerprint density at radius 3 is 2.40 bits per heavy atom. The lowest BCUT2D eigenvalue weighted by atomic mass is 10.1. The molecular formula is C17H20F3N3OS. The number of hydrogen-bond donors (Lipinski definition) is 1. The average Bonchev–Trinajstić information content (AvgIpc) is 2.88. The van der Waals surface area contributed by atoms with E-state index in [0.29, 0.717) is 16.3 Å². The van der Waals surface area contributed by atoms with E-state index in [1.165, 1.54) is 23.5 Å². The molecule has 0 radical (unpaired) electrons. The molecule has 0 aliphatic carbocycles. The lowest BCUT2D eigenvalue weighted by Crippen LogP contribution is -2.18. The van der Waals surface area contributed by atoms with Gasteiger partial charge >= 0.3 is 6.18 Å². The third-order valence-corrected chi connectivity index (χ3v) is 5.04. The molecule has 0 unspecified atom stereocenters. The maximum Gasteiger partial charge on any atom is 0.418 e. The molecule has 25 heavy (non-hydrogen) atoms. The van der Waals surface area contributed by atoms with Gasteiger partial charge in [0.1, 0.15) is 4.88 Å². The number of aryl methyl sites for hydroxylation is 1. The van der Waals surface area contributed by atoms with E-state index >= 15 is 0 Å². The number of rotatable bonds is 4. The van der Waals surface area contributed by atoms with Gasteiger partial charge in [-0.15, -0.1) is 11.3 Å². The van der Waals surface area contributed by atoms with Crippen molar-refractivity contribution in [3.05, 3.63) is 39.3 Å². The fourth-order valence-corrected chi connectivity index (χ4v) is 3.17. The standard InChI is InChI=1S/C17H20F3N3OS/c1-9(2)16-21-10(3)14(25-16)15(24)22-13-7-6-11(23(4)5)8-12(13)17(18,19)20/h6-9H,1-5H3,(H,22,24). The normalized spacial score (nSPS) is 11.7. The first kappa shape index (κ1) is 19.2. The van der Waals surface area contributed by atoms with Gasteiger partial charge in [0.15, 0.2) is 0 Å². The molecule has 0 aliphatic heterocycles. The quantitative estimate of drug-likeness (QED) is 0.830. The van der Waals surface area contributed by atoms with Crippen molar-refractivity contribution in [2.45, 2.75) is 32.9 Å². The molecule has 136 valence electrons. The van der Waals surface area contributed by atoms with Crippen LogP contribution in [0.1, 0.15) is 45.7 Å². The van der Waals surface area contributed by atoms with Gasteiger partial charge < -0.3 is 10.2 Å². The maximum atomic E-state index is 13.4. The summed E-state index contributed by atoms with van der Waals surface area (Å²) < 4.78 is 40.1. The number of carbonyl (C=O) groups excluding carboxylic acids is 1. The number of amides is 1. The van der Waals surface area contributed by atoms with E-state index in [9.17, 15) is 18.0 Å². The summed E-state index contributed by atoms with van der Waals surface area (Å²) in [4.78, 5) is 18.7. The van der Waals surface area contributed by atoms with Crippen molar-refractivity contribution in [3.8, 4) is 0 Å². The predicted molar refractivity (Wildman–Crippen MR) is 94.7 cm³/mol. The highest BCUT2D eigenvalue weighted by molar-refractivity contribution is 7.14. The Kier molecular flexibility index (Phi) is 5.41. The first-order valence-electron chi connectivity index (χ1n) is 7.68. The van der Waals surface area contributed by atoms with Crippen LogP contribution in [-0.2, 0) is 6.18 Å². The molecule has 1 amide bonds. The van der Waals surface area contributed by atoms with Crippen molar-refractivity contribution in [3.63, 3.8) is 0 Å². The fourth-order valence-electron chi connectivity index (χ4n) is 2.21. The Morgan fingerprint density at radius 1 is 1.28 bits per heavy atom. The summed E-state index contributed by atoms with van der Waals surface area (Å²) in [5.41, 5.74) is -0.216. The SMILES string of the molecule is Cc1nc(C(C)C)sc1C(=O)Nc1ccc(N(C)C)cc1C(F)(F)F. The summed E-state index contributed by atoms with van der Waals surface area (Å²) >= 11 is 1.20. The highest BCUT2D eigenvalue weighted by atomic mass is 32.1. The van der Waals surface area contributed by atoms with Gasteiger partial charge in [-0.1, -0.05) is 13.8 Å². The number of alkyl halides is 3. The minimum absolute atomic E-state index is 0.148. The van der Waals surface area contributed by atoms with Gasteiger partial charge in [-0.3, -0.25) is 4.79 Å². The molecule has 0 aliphatic rings. The maximum absolute atomic E-state index is 13.4. The van der Waals surface area contributed by atoms with E-state index < -0.39 is 17.6 Å². The molecule has 1 aromatic heterocycles. The van der Waals surface area contributed by atoms with Gasteiger partial charge in [0.2, 0.25) is 0 Å². The fraction of sp³-hybridized carbons (Fsp3) is 0.412. The first-order chi connectivity index (χ1) is 11.5. The van der Waals surface area contributed by atoms with E-state index in [0.717, 1.165) is 11.1 Å². The molecule has 0 fully saturated rings. The van der Waals surface area contributed by atoms with E-state index in [4.69, 9.17) is 0 Å². The van der Waals surface area contributed by atoms with Crippen molar-refractivity contribution in [2.24, 2.45) is 0 Å². The zero-order valence-corrected chi connectivity index (χ0v) is 15.5. The third kappa shape index (κ3) is 4.31. The number of benzene rings is 1. The molecule has 4 nitrogen and oxygen atoms in total. The molecule has 0 saturated carbocycles. The number of aromatic nitrogens is 1. The number of nitrogens with one attached hydrogen (secondary N) is 1. The van der Waals surface area contributed by atoms with E-state index in [1.54, 1.807) is 25.9 Å². The summed E-state index contributed by atoms with van der Waals surface area (Å²) in [5, 5.41) is 3.16. The number of carbonyl (C=O) groups is 1. The van der Waals surface area contributed by atoms with Crippen LogP contribution in [-0.4, -0.2) is 25.0 Å². The van der Waals surface area contributed by atoms with Gasteiger partial charge in [-0.25, -0.2) is 4.98 Å². The summed E-state index contributed by atoms with van der Waals surface area (Å²) in [6.45, 7) is 5.57. The van der Waals surface area contributed by atoms with Gasteiger partial charge in [-0.2, -0.15) is 13.2 Å². The minimum Gasteiger partial charge on any atom is -0.378 e. The molecule has 0 spiro atoms. The summed E-state index contributed by atoms with van der Waals surface area (Å²) in [6.07, 6.45) is -4.57. The van der Waals surface area contributed by atoms with Crippen LogP contribution in [0.2, 0.25) is 0 Å². The third-order valence-electron chi connectivity index (χ3n) is 3.59. The summed E-state index contributed by atoms with van der Waals surface area (Å²) in [5.74, 6) is -0.430. The van der Waals surface area contributed by atoms with Crippen molar-refractivity contribution >= 4 is 28.6 Å². The molecule has 2 aromatic rings. The van der Waals surface area contributed by atoms with Crippen molar-refractivity contribution in [2.75, 3.05) is 24.3 Å². The Morgan fingerprint density at radius 2 is 1.92 bits per heavy atom. The monoisotopic (exact) mass is 371 g/mol. The van der Waals surface area contributed by atoms with Crippen LogP contribution in [0.15, 0.2) is 18.2 Å². The van der Waals surface area contributed by atoms with Crippen molar-refractivity contribution < 1.29 is 18.0 Å². The number of thiazole rings is 1. The van der Waals surface area contributed by atoms with E-state index in [-0.39, 0.29) is 11.6 Å². The number of hydrogen-bond acceptors (Lipinski definition) is 4. The molecule has 1 heterocycles. The molecule has 1 N–H and O–H groups in total. The Hall–Kier alpha value is -2.09. The molecule has 1 aromatic carbocycles. The second-order valence-corrected chi connectivity index (χ2v) is 7.23. The molecule has 8 heteroatoms. The van der Waals surface area contributed by atoms with Crippen molar-refractivity contribution in [1.29, 1.82) is 0 Å². The zero-order valence-electron chi connectivity index (χ0n) is 14.7. The Bertz CT molecular complexity index is 782. The van der Waals surface area contributed by atoms with Gasteiger partial charge in [0, 0.05) is 25.7 Å². The second-order valence-electron chi connectivity index (χ2n) is 6.20. The van der Waals surface area contributed by atoms with Crippen LogP contribution in [0, 0.1) is 6.92 Å². The zero-order chi connectivity index (χ0) is 18.9. The molecule has 0 atom stereocenters. The molecular weight excluding hydrogens is 351 g/mol. The van der Waals surface area contributed by atoms with Gasteiger partial charge in [0.25, 0.3) is 5.91 Å². The molecule has 2 rings (SSSR count). The lowest BCUT2D eigenvalue weighted by Gasteiger charge is -2.18. The lowest BCUT2D eigenvalue weighted by molar-refractivity contribution is -0.136. The Labute approximate surface area is 148 Å². The smallest absolute Gasteiger partial charge is 0.378 e. The number of anilines is 2. The average molecular weight is 371 g/mol. The number of halogens is 3. The van der Waals surface area contributed by atoms with Crippen molar-refractivity contribution in [1.82, 2.24) is 4.98 Å². The molecule has 0 bridgehead atoms. The highest BCUT2D eigenvalue weighted by Crippen LogP contribution is 2.37.